The van der Waals surface area contributed by atoms with Crippen LogP contribution >= 0.6 is 0 Å². The first-order valence-electron chi connectivity index (χ1n) is 11.7. The lowest BCUT2D eigenvalue weighted by molar-refractivity contribution is -0.289. The van der Waals surface area contributed by atoms with Crippen molar-refractivity contribution in [1.29, 1.82) is 0 Å². The Bertz CT molecular complexity index is 1250. The molecule has 4 rings (SSSR count). The molecular formula is C27H23F8NO2. The molecule has 204 valence electrons. The van der Waals surface area contributed by atoms with E-state index in [2.05, 4.69) is 0 Å². The topological polar surface area (TPSA) is 32.7 Å². The van der Waals surface area contributed by atoms with Gasteiger partial charge in [0.25, 0.3) is 0 Å². The standard InChI is InChI=1S/C27H23F8NO2/c28-25(29,27(33,34)35)20-6-1-4-17(12-20)15-36(16-24(37)26(30,31)32)21-7-3-9-23(14-21)38-22-8-2-5-19(13-22)18-10-11-18/h1-9,12-14,18,24,37H,10-11,15-16H2/t24-/m1/s1. The number of aliphatic hydroxyl groups is 1. The molecule has 1 aliphatic carbocycles. The third-order valence-corrected chi connectivity index (χ3v) is 6.12. The van der Waals surface area contributed by atoms with Crippen LogP contribution in [0.15, 0.2) is 72.8 Å². The number of nitrogens with zero attached hydrogens (tertiary/aromatic N) is 1. The molecule has 0 aromatic heterocycles. The van der Waals surface area contributed by atoms with Gasteiger partial charge in [-0.05, 0) is 60.2 Å². The monoisotopic (exact) mass is 545 g/mol. The summed E-state index contributed by atoms with van der Waals surface area (Å²) in [5.74, 6) is -3.92. The van der Waals surface area contributed by atoms with E-state index in [4.69, 9.17) is 4.74 Å². The molecular weight excluding hydrogens is 522 g/mol. The van der Waals surface area contributed by atoms with E-state index < -0.39 is 43.0 Å². The Morgan fingerprint density at radius 3 is 2.08 bits per heavy atom. The van der Waals surface area contributed by atoms with Crippen molar-refractivity contribution >= 4 is 5.69 Å². The van der Waals surface area contributed by atoms with E-state index in [-0.39, 0.29) is 17.0 Å². The van der Waals surface area contributed by atoms with Crippen LogP contribution in [0, 0.1) is 0 Å². The lowest BCUT2D eigenvalue weighted by Crippen LogP contribution is -2.41. The second kappa shape index (κ2) is 10.4. The maximum atomic E-state index is 13.9. The Balaban J connectivity index is 1.62. The van der Waals surface area contributed by atoms with Crippen LogP contribution in [0.3, 0.4) is 0 Å². The zero-order valence-electron chi connectivity index (χ0n) is 19.7. The summed E-state index contributed by atoms with van der Waals surface area (Å²) in [6, 6.07) is 16.6. The number of halogens is 8. The van der Waals surface area contributed by atoms with Gasteiger partial charge in [0.1, 0.15) is 11.5 Å². The molecule has 3 nitrogen and oxygen atoms in total. The fourth-order valence-corrected chi connectivity index (χ4v) is 3.95. The minimum atomic E-state index is -5.85. The molecule has 1 N–H and O–H groups in total. The van der Waals surface area contributed by atoms with Gasteiger partial charge in [-0.3, -0.25) is 0 Å². The number of ether oxygens (including phenoxy) is 1. The van der Waals surface area contributed by atoms with Crippen molar-refractivity contribution in [2.45, 2.75) is 49.7 Å². The molecule has 11 heteroatoms. The van der Waals surface area contributed by atoms with Crippen molar-refractivity contribution < 1.29 is 45.0 Å². The van der Waals surface area contributed by atoms with Crippen LogP contribution < -0.4 is 9.64 Å². The number of hydrogen-bond donors (Lipinski definition) is 1. The van der Waals surface area contributed by atoms with Crippen LogP contribution in [-0.4, -0.2) is 30.1 Å². The van der Waals surface area contributed by atoms with Crippen LogP contribution in [0.2, 0.25) is 0 Å². The van der Waals surface area contributed by atoms with Gasteiger partial charge in [-0.15, -0.1) is 0 Å². The maximum Gasteiger partial charge on any atom is 0.458 e. The van der Waals surface area contributed by atoms with E-state index in [1.54, 1.807) is 12.1 Å². The van der Waals surface area contributed by atoms with Gasteiger partial charge in [0.05, 0.1) is 6.54 Å². The predicted molar refractivity (Wildman–Crippen MR) is 124 cm³/mol. The molecule has 0 heterocycles. The molecule has 0 bridgehead atoms. The molecule has 0 spiro atoms. The van der Waals surface area contributed by atoms with Crippen molar-refractivity contribution in [2.24, 2.45) is 0 Å². The van der Waals surface area contributed by atoms with Crippen molar-refractivity contribution in [3.8, 4) is 11.5 Å². The number of anilines is 1. The summed E-state index contributed by atoms with van der Waals surface area (Å²) in [5, 5.41) is 9.71. The molecule has 0 aliphatic heterocycles. The van der Waals surface area contributed by atoms with E-state index in [0.29, 0.717) is 23.8 Å². The first-order valence-corrected chi connectivity index (χ1v) is 11.7. The number of rotatable bonds is 9. The van der Waals surface area contributed by atoms with Gasteiger partial charge >= 0.3 is 18.3 Å². The Labute approximate surface area is 213 Å². The number of aliphatic hydroxyl groups excluding tert-OH is 1. The molecule has 1 aliphatic rings. The number of alkyl halides is 8. The van der Waals surface area contributed by atoms with E-state index in [0.717, 1.165) is 29.4 Å². The Morgan fingerprint density at radius 1 is 0.816 bits per heavy atom. The van der Waals surface area contributed by atoms with Gasteiger partial charge < -0.3 is 14.7 Å². The smallest absolute Gasteiger partial charge is 0.457 e. The van der Waals surface area contributed by atoms with Gasteiger partial charge in [0.2, 0.25) is 0 Å². The highest BCUT2D eigenvalue weighted by molar-refractivity contribution is 5.52. The summed E-state index contributed by atoms with van der Waals surface area (Å²) < 4.78 is 112. The molecule has 1 saturated carbocycles. The molecule has 0 amide bonds. The van der Waals surface area contributed by atoms with Crippen LogP contribution in [0.1, 0.15) is 35.4 Å². The summed E-state index contributed by atoms with van der Waals surface area (Å²) in [6.07, 6.45) is -11.5. The molecule has 0 saturated heterocycles. The van der Waals surface area contributed by atoms with Gasteiger partial charge in [-0.25, -0.2) is 0 Å². The van der Waals surface area contributed by atoms with Crippen molar-refractivity contribution in [3.05, 3.63) is 89.5 Å². The molecule has 1 atom stereocenters. The highest BCUT2D eigenvalue weighted by Gasteiger charge is 2.58. The second-order valence-corrected chi connectivity index (χ2v) is 9.16. The maximum absolute atomic E-state index is 13.9. The summed E-state index contributed by atoms with van der Waals surface area (Å²) in [4.78, 5) is 1.04. The van der Waals surface area contributed by atoms with E-state index in [1.807, 2.05) is 18.2 Å². The van der Waals surface area contributed by atoms with E-state index in [9.17, 15) is 40.2 Å². The lowest BCUT2D eigenvalue weighted by atomic mass is 10.0. The van der Waals surface area contributed by atoms with Gasteiger partial charge in [-0.2, -0.15) is 35.1 Å². The summed E-state index contributed by atoms with van der Waals surface area (Å²) in [5.41, 5.74) is -0.211. The second-order valence-electron chi connectivity index (χ2n) is 9.16. The number of hydrogen-bond acceptors (Lipinski definition) is 3. The van der Waals surface area contributed by atoms with Crippen molar-refractivity contribution in [2.75, 3.05) is 11.4 Å². The number of benzene rings is 3. The van der Waals surface area contributed by atoms with E-state index in [1.165, 1.54) is 24.3 Å². The average Bonchev–Trinajstić information content (AvgIpc) is 3.68. The molecule has 3 aromatic rings. The van der Waals surface area contributed by atoms with Crippen LogP contribution in [0.4, 0.5) is 40.8 Å². The fraction of sp³-hybridized carbons (Fsp3) is 0.333. The minimum Gasteiger partial charge on any atom is -0.457 e. The molecule has 1 fully saturated rings. The summed E-state index contributed by atoms with van der Waals surface area (Å²) >= 11 is 0. The normalized spacial score (nSPS) is 15.3. The largest absolute Gasteiger partial charge is 0.458 e. The van der Waals surface area contributed by atoms with Crippen molar-refractivity contribution in [1.82, 2.24) is 0 Å². The zero-order chi connectivity index (χ0) is 27.7. The highest BCUT2D eigenvalue weighted by atomic mass is 19.4. The molecule has 3 aromatic carbocycles. The third kappa shape index (κ3) is 6.56. The first kappa shape index (κ1) is 27.7. The predicted octanol–water partition coefficient (Wildman–Crippen LogP) is 7.94. The Morgan fingerprint density at radius 2 is 1.45 bits per heavy atom. The Hall–Kier alpha value is -3.34. The summed E-state index contributed by atoms with van der Waals surface area (Å²) in [6.45, 7) is -1.49. The summed E-state index contributed by atoms with van der Waals surface area (Å²) in [7, 11) is 0. The Kier molecular flexibility index (Phi) is 7.60. The average molecular weight is 545 g/mol. The zero-order valence-corrected chi connectivity index (χ0v) is 19.7. The minimum absolute atomic E-state index is 0.107. The highest BCUT2D eigenvalue weighted by Crippen LogP contribution is 2.44. The van der Waals surface area contributed by atoms with Crippen LogP contribution in [-0.2, 0) is 12.5 Å². The van der Waals surface area contributed by atoms with Gasteiger partial charge in [0, 0.05) is 23.9 Å². The van der Waals surface area contributed by atoms with E-state index >= 15 is 0 Å². The van der Waals surface area contributed by atoms with Crippen molar-refractivity contribution in [3.63, 3.8) is 0 Å². The van der Waals surface area contributed by atoms with Gasteiger partial charge in [0.15, 0.2) is 6.10 Å². The van der Waals surface area contributed by atoms with Crippen LogP contribution in [0.25, 0.3) is 0 Å². The SMILES string of the molecule is O[C@H](CN(Cc1cccc(C(F)(F)C(F)(F)F)c1)c1cccc(Oc2cccc(C3CC3)c2)c1)C(F)(F)F. The van der Waals surface area contributed by atoms with Crippen LogP contribution in [0.5, 0.6) is 11.5 Å². The molecule has 0 radical (unpaired) electrons. The molecule has 38 heavy (non-hydrogen) atoms. The van der Waals surface area contributed by atoms with Gasteiger partial charge in [-0.1, -0.05) is 36.4 Å². The molecule has 0 unspecified atom stereocenters. The third-order valence-electron chi connectivity index (χ3n) is 6.12. The quantitative estimate of drug-likeness (QED) is 0.277. The lowest BCUT2D eigenvalue weighted by Gasteiger charge is -2.29. The fourth-order valence-electron chi connectivity index (χ4n) is 3.95. The first-order chi connectivity index (χ1) is 17.7.